The summed E-state index contributed by atoms with van der Waals surface area (Å²) in [5, 5.41) is 7.97. The number of benzene rings is 9. The van der Waals surface area contributed by atoms with E-state index in [0.29, 0.717) is 0 Å². The van der Waals surface area contributed by atoms with Crippen molar-refractivity contribution in [3.63, 3.8) is 0 Å². The van der Waals surface area contributed by atoms with Gasteiger partial charge in [0, 0.05) is 50.1 Å². The Morgan fingerprint density at radius 3 is 1.37 bits per heavy atom. The maximum absolute atomic E-state index is 5.26. The smallest absolute Gasteiger partial charge is 0.0978 e. The normalized spacial score (nSPS) is 11.5. The first-order valence-corrected chi connectivity index (χ1v) is 19.4. The third kappa shape index (κ3) is 5.51. The molecule has 2 heterocycles. The topological polar surface area (TPSA) is 29.0 Å². The van der Waals surface area contributed by atoms with Gasteiger partial charge in [-0.3, -0.25) is 4.98 Å². The van der Waals surface area contributed by atoms with Crippen LogP contribution in [0.3, 0.4) is 0 Å². The van der Waals surface area contributed by atoms with E-state index in [9.17, 15) is 0 Å². The molecule has 0 atom stereocenters. The summed E-state index contributed by atoms with van der Waals surface area (Å²) in [6, 6.07) is 74.0. The molecule has 3 heteroatoms. The third-order valence-electron chi connectivity index (χ3n) is 11.3. The number of pyridine rings is 2. The molecule has 0 aliphatic heterocycles. The molecule has 11 aromatic rings. The molecule has 0 saturated carbocycles. The second kappa shape index (κ2) is 13.6. The fraction of sp³-hybridized carbons (Fsp3) is 0. The largest absolute Gasteiger partial charge is 0.309 e. The van der Waals surface area contributed by atoms with Gasteiger partial charge in [-0.25, -0.2) is 4.98 Å². The Labute approximate surface area is 330 Å². The molecule has 0 aliphatic carbocycles. The van der Waals surface area contributed by atoms with Gasteiger partial charge in [0.2, 0.25) is 0 Å². The number of para-hydroxylation sites is 1. The quantitative estimate of drug-likeness (QED) is 0.126. The van der Waals surface area contributed by atoms with Crippen LogP contribution in [0.1, 0.15) is 0 Å². The van der Waals surface area contributed by atoms with Crippen molar-refractivity contribution >= 4 is 71.3 Å². The fourth-order valence-electron chi connectivity index (χ4n) is 8.65. The highest BCUT2D eigenvalue weighted by atomic mass is 15.1. The van der Waals surface area contributed by atoms with Crippen molar-refractivity contribution in [1.29, 1.82) is 0 Å². The van der Waals surface area contributed by atoms with Crippen LogP contribution in [0.25, 0.3) is 87.6 Å². The summed E-state index contributed by atoms with van der Waals surface area (Å²) in [7, 11) is 0. The van der Waals surface area contributed by atoms with Crippen molar-refractivity contribution in [1.82, 2.24) is 9.97 Å². The second-order valence-electron chi connectivity index (χ2n) is 14.5. The van der Waals surface area contributed by atoms with E-state index in [2.05, 4.69) is 205 Å². The molecule has 0 spiro atoms. The molecule has 0 fully saturated rings. The Kier molecular flexibility index (Phi) is 7.82. The van der Waals surface area contributed by atoms with Crippen LogP contribution >= 0.6 is 0 Å². The van der Waals surface area contributed by atoms with Gasteiger partial charge in [0.05, 0.1) is 22.2 Å². The molecule has 0 radical (unpaired) electrons. The number of anilines is 3. The summed E-state index contributed by atoms with van der Waals surface area (Å²) in [6.07, 6.45) is 1.87. The molecule has 11 rings (SSSR count). The van der Waals surface area contributed by atoms with E-state index in [1.165, 1.54) is 54.9 Å². The number of hydrogen-bond donors (Lipinski definition) is 0. The lowest BCUT2D eigenvalue weighted by molar-refractivity contribution is 1.31. The molecule has 0 saturated heterocycles. The average Bonchev–Trinajstić information content (AvgIpc) is 3.29. The fourth-order valence-corrected chi connectivity index (χ4v) is 8.65. The monoisotopic (exact) mass is 725 g/mol. The molecule has 0 unspecified atom stereocenters. The summed E-state index contributed by atoms with van der Waals surface area (Å²) < 4.78 is 0. The van der Waals surface area contributed by atoms with Crippen LogP contribution < -0.4 is 4.90 Å². The Morgan fingerprint density at radius 2 is 0.789 bits per heavy atom. The molecule has 0 bridgehead atoms. The van der Waals surface area contributed by atoms with Crippen LogP contribution in [0.4, 0.5) is 17.1 Å². The minimum Gasteiger partial charge on any atom is -0.309 e. The SMILES string of the molecule is c1ccc(-c2ccc(N(c3ccc(-c4ccccc4)cc3)c3c4ccccc4c(-c4c5ccccc5nc5c4ccc4cccnc45)c4ccccc34)cc2)cc1. The highest BCUT2D eigenvalue weighted by Crippen LogP contribution is 2.50. The first-order valence-electron chi connectivity index (χ1n) is 19.4. The maximum atomic E-state index is 5.26. The zero-order chi connectivity index (χ0) is 37.7. The molecular formula is C54H35N3. The average molecular weight is 726 g/mol. The number of rotatable bonds is 6. The van der Waals surface area contributed by atoms with Crippen molar-refractivity contribution in [2.75, 3.05) is 4.90 Å². The number of nitrogens with zero attached hydrogens (tertiary/aromatic N) is 3. The Balaban J connectivity index is 1.22. The highest BCUT2D eigenvalue weighted by molar-refractivity contribution is 6.28. The second-order valence-corrected chi connectivity index (χ2v) is 14.5. The number of fused-ring (bicyclic) bond motifs is 6. The lowest BCUT2D eigenvalue weighted by Crippen LogP contribution is -2.11. The first kappa shape index (κ1) is 32.8. The van der Waals surface area contributed by atoms with Gasteiger partial charge in [-0.1, -0.05) is 170 Å². The van der Waals surface area contributed by atoms with E-state index in [1.54, 1.807) is 0 Å². The molecule has 266 valence electrons. The van der Waals surface area contributed by atoms with E-state index in [-0.39, 0.29) is 0 Å². The summed E-state index contributed by atoms with van der Waals surface area (Å²) >= 11 is 0. The van der Waals surface area contributed by atoms with Gasteiger partial charge in [-0.2, -0.15) is 0 Å². The van der Waals surface area contributed by atoms with Crippen molar-refractivity contribution < 1.29 is 0 Å². The number of hydrogen-bond acceptors (Lipinski definition) is 3. The minimum atomic E-state index is 0.913. The lowest BCUT2D eigenvalue weighted by Gasteiger charge is -2.30. The lowest BCUT2D eigenvalue weighted by atomic mass is 9.86. The molecule has 0 N–H and O–H groups in total. The van der Waals surface area contributed by atoms with Crippen molar-refractivity contribution in [2.24, 2.45) is 0 Å². The zero-order valence-electron chi connectivity index (χ0n) is 31.0. The standard InChI is InChI=1S/C54H35N3/c1-3-14-36(15-4-1)38-25-30-41(31-26-38)57(42-32-27-39(28-33-42)37-16-5-2-6-17-37)54-45-21-9-7-19-43(45)50(44-20-8-10-22-46(44)54)51-47-23-11-12-24-49(47)56-53-48(51)34-29-40-18-13-35-55-52(40)53/h1-35H. The molecule has 3 nitrogen and oxygen atoms in total. The van der Waals surface area contributed by atoms with E-state index >= 15 is 0 Å². The Hall–Kier alpha value is -7.62. The van der Waals surface area contributed by atoms with E-state index in [4.69, 9.17) is 9.97 Å². The Bertz CT molecular complexity index is 3130. The van der Waals surface area contributed by atoms with Crippen LogP contribution in [-0.2, 0) is 0 Å². The van der Waals surface area contributed by atoms with E-state index in [1.807, 2.05) is 12.3 Å². The molecule has 57 heavy (non-hydrogen) atoms. The molecular weight excluding hydrogens is 691 g/mol. The predicted molar refractivity (Wildman–Crippen MR) is 241 cm³/mol. The van der Waals surface area contributed by atoms with Gasteiger partial charge < -0.3 is 4.90 Å². The third-order valence-corrected chi connectivity index (χ3v) is 11.3. The van der Waals surface area contributed by atoms with Crippen molar-refractivity contribution in [2.45, 2.75) is 0 Å². The minimum absolute atomic E-state index is 0.913. The molecule has 9 aromatic carbocycles. The highest BCUT2D eigenvalue weighted by Gasteiger charge is 2.24. The van der Waals surface area contributed by atoms with E-state index in [0.717, 1.165) is 49.8 Å². The molecule has 0 amide bonds. The van der Waals surface area contributed by atoms with Gasteiger partial charge in [0.1, 0.15) is 0 Å². The van der Waals surface area contributed by atoms with Gasteiger partial charge in [-0.15, -0.1) is 0 Å². The molecule has 0 aliphatic rings. The Morgan fingerprint density at radius 1 is 0.316 bits per heavy atom. The number of aromatic nitrogens is 2. The van der Waals surface area contributed by atoms with Gasteiger partial charge in [-0.05, 0) is 75.0 Å². The van der Waals surface area contributed by atoms with Crippen LogP contribution in [0.5, 0.6) is 0 Å². The van der Waals surface area contributed by atoms with Crippen LogP contribution in [0.15, 0.2) is 212 Å². The summed E-state index contributed by atoms with van der Waals surface area (Å²) in [4.78, 5) is 12.6. The predicted octanol–water partition coefficient (Wildman–Crippen LogP) is 14.7. The summed E-state index contributed by atoms with van der Waals surface area (Å²) in [5.74, 6) is 0. The summed E-state index contributed by atoms with van der Waals surface area (Å²) in [6.45, 7) is 0. The van der Waals surface area contributed by atoms with Gasteiger partial charge >= 0.3 is 0 Å². The first-order chi connectivity index (χ1) is 28.3. The van der Waals surface area contributed by atoms with Crippen LogP contribution in [-0.4, -0.2) is 9.97 Å². The van der Waals surface area contributed by atoms with E-state index < -0.39 is 0 Å². The zero-order valence-corrected chi connectivity index (χ0v) is 31.0. The van der Waals surface area contributed by atoms with Crippen molar-refractivity contribution in [3.8, 4) is 33.4 Å². The van der Waals surface area contributed by atoms with Crippen LogP contribution in [0, 0.1) is 0 Å². The van der Waals surface area contributed by atoms with Gasteiger partial charge in [0.25, 0.3) is 0 Å². The van der Waals surface area contributed by atoms with Crippen LogP contribution in [0.2, 0.25) is 0 Å². The summed E-state index contributed by atoms with van der Waals surface area (Å²) in [5.41, 5.74) is 13.2. The van der Waals surface area contributed by atoms with Crippen molar-refractivity contribution in [3.05, 3.63) is 212 Å². The maximum Gasteiger partial charge on any atom is 0.0978 e. The van der Waals surface area contributed by atoms with Gasteiger partial charge in [0.15, 0.2) is 0 Å². The molecule has 2 aromatic heterocycles.